The van der Waals surface area contributed by atoms with Gasteiger partial charge in [0.05, 0.1) is 11.7 Å². The van der Waals surface area contributed by atoms with Gasteiger partial charge >= 0.3 is 12.1 Å². The number of aliphatic carboxylic acids is 1. The van der Waals surface area contributed by atoms with Crippen molar-refractivity contribution in [2.24, 2.45) is 5.92 Å². The van der Waals surface area contributed by atoms with E-state index in [0.29, 0.717) is 28.8 Å². The molecule has 1 saturated carbocycles. The number of halogens is 3. The molecule has 4 aromatic heterocycles. The standard InChI is InChI=1S/C20H19N7O.C2HF3O2/c1-13-2-5-17(22-10-13)24-20(28)18-16-11-21-8-9-26(16)19(25-18)15-6-7-23-27(15)12-14-3-4-14;3-2(4,5)1(6)7/h2,5-11,14H,3-4,12H2,1H3,(H,22,24,28);(H,6,7). The largest absolute Gasteiger partial charge is 0.490 e. The van der Waals surface area contributed by atoms with Gasteiger partial charge in [-0.1, -0.05) is 6.07 Å². The van der Waals surface area contributed by atoms with Crippen molar-refractivity contribution in [3.63, 3.8) is 0 Å². The third kappa shape index (κ3) is 5.62. The van der Waals surface area contributed by atoms with Gasteiger partial charge in [-0.25, -0.2) is 14.8 Å². The second-order valence-corrected chi connectivity index (χ2v) is 7.94. The number of aromatic nitrogens is 6. The molecule has 0 radical (unpaired) electrons. The molecule has 35 heavy (non-hydrogen) atoms. The van der Waals surface area contributed by atoms with E-state index < -0.39 is 12.1 Å². The highest BCUT2D eigenvalue weighted by Gasteiger charge is 2.38. The summed E-state index contributed by atoms with van der Waals surface area (Å²) in [7, 11) is 0. The molecule has 2 N–H and O–H groups in total. The van der Waals surface area contributed by atoms with Crippen molar-refractivity contribution in [2.75, 3.05) is 5.32 Å². The van der Waals surface area contributed by atoms with Crippen LogP contribution in [0.3, 0.4) is 0 Å². The first-order valence-corrected chi connectivity index (χ1v) is 10.5. The van der Waals surface area contributed by atoms with Crippen LogP contribution in [0.4, 0.5) is 19.0 Å². The number of nitrogens with zero attached hydrogens (tertiary/aromatic N) is 6. The van der Waals surface area contributed by atoms with Gasteiger partial charge in [0, 0.05) is 31.3 Å². The molecule has 182 valence electrons. The van der Waals surface area contributed by atoms with Crippen LogP contribution in [0.15, 0.2) is 49.2 Å². The third-order valence-electron chi connectivity index (χ3n) is 5.13. The van der Waals surface area contributed by atoms with Crippen molar-refractivity contribution in [1.29, 1.82) is 0 Å². The van der Waals surface area contributed by atoms with Crippen LogP contribution < -0.4 is 5.32 Å². The van der Waals surface area contributed by atoms with Crippen LogP contribution in [0.2, 0.25) is 0 Å². The van der Waals surface area contributed by atoms with Crippen molar-refractivity contribution < 1.29 is 27.9 Å². The van der Waals surface area contributed by atoms with Crippen LogP contribution in [-0.2, 0) is 11.3 Å². The Balaban J connectivity index is 0.000000364. The first-order chi connectivity index (χ1) is 16.6. The lowest BCUT2D eigenvalue weighted by Gasteiger charge is -2.05. The van der Waals surface area contributed by atoms with Crippen LogP contribution in [-0.4, -0.2) is 52.3 Å². The van der Waals surface area contributed by atoms with Crippen LogP contribution in [0.25, 0.3) is 17.0 Å². The number of pyridine rings is 1. The number of carboxylic acid groups (broad SMARTS) is 1. The molecule has 0 spiro atoms. The molecule has 0 bridgehead atoms. The number of carbonyl (C=O) groups excluding carboxylic acids is 1. The van der Waals surface area contributed by atoms with Gasteiger partial charge in [-0.15, -0.1) is 0 Å². The van der Waals surface area contributed by atoms with E-state index in [4.69, 9.17) is 9.90 Å². The van der Waals surface area contributed by atoms with Gasteiger partial charge in [0.15, 0.2) is 11.5 Å². The first kappa shape index (κ1) is 23.9. The third-order valence-corrected chi connectivity index (χ3v) is 5.13. The minimum absolute atomic E-state index is 0.310. The predicted molar refractivity (Wildman–Crippen MR) is 118 cm³/mol. The molecule has 10 nitrogen and oxygen atoms in total. The molecule has 1 aliphatic rings. The average molecular weight is 487 g/mol. The number of hydrogen-bond acceptors (Lipinski definition) is 6. The van der Waals surface area contributed by atoms with E-state index in [0.717, 1.165) is 17.8 Å². The summed E-state index contributed by atoms with van der Waals surface area (Å²) in [6.07, 6.45) is 6.03. The zero-order valence-electron chi connectivity index (χ0n) is 18.4. The highest BCUT2D eigenvalue weighted by atomic mass is 19.4. The second-order valence-electron chi connectivity index (χ2n) is 7.94. The number of amides is 1. The molecule has 0 aliphatic heterocycles. The lowest BCUT2D eigenvalue weighted by molar-refractivity contribution is -0.192. The molecule has 0 atom stereocenters. The smallest absolute Gasteiger partial charge is 0.475 e. The van der Waals surface area contributed by atoms with Gasteiger partial charge in [-0.05, 0) is 43.4 Å². The van der Waals surface area contributed by atoms with E-state index in [-0.39, 0.29) is 5.91 Å². The number of alkyl halides is 3. The fourth-order valence-corrected chi connectivity index (χ4v) is 3.22. The molecule has 1 aliphatic carbocycles. The van der Waals surface area contributed by atoms with Crippen LogP contribution in [0.5, 0.6) is 0 Å². The number of nitrogens with one attached hydrogen (secondary N) is 1. The lowest BCUT2D eigenvalue weighted by atomic mass is 10.3. The molecular weight excluding hydrogens is 467 g/mol. The zero-order valence-corrected chi connectivity index (χ0v) is 18.4. The summed E-state index contributed by atoms with van der Waals surface area (Å²) in [5, 5.41) is 14.4. The molecule has 5 rings (SSSR count). The number of carbonyl (C=O) groups is 2. The van der Waals surface area contributed by atoms with Gasteiger partial charge in [0.2, 0.25) is 0 Å². The second kappa shape index (κ2) is 9.52. The summed E-state index contributed by atoms with van der Waals surface area (Å²) in [4.78, 5) is 34.9. The SMILES string of the molecule is Cc1ccc(NC(=O)c2nc(-c3ccnn3CC3CC3)n3ccncc23)nc1.O=C(O)C(F)(F)F. The van der Waals surface area contributed by atoms with Crippen molar-refractivity contribution >= 4 is 23.2 Å². The maximum absolute atomic E-state index is 12.9. The fraction of sp³-hybridized carbons (Fsp3) is 0.273. The van der Waals surface area contributed by atoms with Crippen LogP contribution in [0, 0.1) is 12.8 Å². The number of imidazole rings is 1. The summed E-state index contributed by atoms with van der Waals surface area (Å²) in [5.41, 5.74) is 2.87. The first-order valence-electron chi connectivity index (χ1n) is 10.5. The molecule has 0 unspecified atom stereocenters. The summed E-state index contributed by atoms with van der Waals surface area (Å²) in [6, 6.07) is 5.60. The average Bonchev–Trinajstić information content (AvgIpc) is 3.37. The number of aryl methyl sites for hydroxylation is 1. The van der Waals surface area contributed by atoms with Crippen molar-refractivity contribution in [3.8, 4) is 11.5 Å². The molecule has 4 aromatic rings. The Morgan fingerprint density at radius 1 is 1.17 bits per heavy atom. The van der Waals surface area contributed by atoms with Gasteiger partial charge in [0.25, 0.3) is 5.91 Å². The lowest BCUT2D eigenvalue weighted by Crippen LogP contribution is -2.21. The molecule has 0 aromatic carbocycles. The van der Waals surface area contributed by atoms with Gasteiger partial charge in [-0.2, -0.15) is 18.3 Å². The van der Waals surface area contributed by atoms with Crippen molar-refractivity contribution in [2.45, 2.75) is 32.5 Å². The molecule has 1 amide bonds. The summed E-state index contributed by atoms with van der Waals surface area (Å²) in [6.45, 7) is 2.82. The zero-order chi connectivity index (χ0) is 25.2. The monoisotopic (exact) mass is 487 g/mol. The Hall–Kier alpha value is -4.29. The van der Waals surface area contributed by atoms with E-state index in [1.807, 2.05) is 34.3 Å². The Morgan fingerprint density at radius 3 is 2.54 bits per heavy atom. The van der Waals surface area contributed by atoms with Crippen molar-refractivity contribution in [3.05, 3.63) is 60.4 Å². The number of carboxylic acids is 1. The normalized spacial score (nSPS) is 13.3. The Labute approximate surface area is 196 Å². The molecule has 1 fully saturated rings. The minimum atomic E-state index is -5.08. The summed E-state index contributed by atoms with van der Waals surface area (Å²) < 4.78 is 35.6. The molecule has 13 heteroatoms. The predicted octanol–water partition coefficient (Wildman–Crippen LogP) is 3.59. The molecule has 4 heterocycles. The highest BCUT2D eigenvalue weighted by Crippen LogP contribution is 2.32. The summed E-state index contributed by atoms with van der Waals surface area (Å²) in [5.74, 6) is -1.23. The van der Waals surface area contributed by atoms with Gasteiger partial charge in [-0.3, -0.25) is 18.9 Å². The Kier molecular flexibility index (Phi) is 6.49. The number of anilines is 1. The van der Waals surface area contributed by atoms with Crippen LogP contribution in [0.1, 0.15) is 28.9 Å². The molecular formula is C22H20F3N7O3. The topological polar surface area (TPSA) is 127 Å². The van der Waals surface area contributed by atoms with Gasteiger partial charge < -0.3 is 10.4 Å². The highest BCUT2D eigenvalue weighted by molar-refractivity contribution is 6.07. The van der Waals surface area contributed by atoms with E-state index in [1.165, 1.54) is 12.8 Å². The van der Waals surface area contributed by atoms with E-state index >= 15 is 0 Å². The van der Waals surface area contributed by atoms with E-state index in [1.54, 1.807) is 30.9 Å². The maximum atomic E-state index is 12.9. The maximum Gasteiger partial charge on any atom is 0.490 e. The van der Waals surface area contributed by atoms with E-state index in [2.05, 4.69) is 25.4 Å². The Morgan fingerprint density at radius 2 is 1.91 bits per heavy atom. The van der Waals surface area contributed by atoms with Crippen molar-refractivity contribution in [1.82, 2.24) is 29.1 Å². The summed E-state index contributed by atoms with van der Waals surface area (Å²) >= 11 is 0. The minimum Gasteiger partial charge on any atom is -0.475 e. The number of hydrogen-bond donors (Lipinski definition) is 2. The fourth-order valence-electron chi connectivity index (χ4n) is 3.22. The van der Waals surface area contributed by atoms with Gasteiger partial charge in [0.1, 0.15) is 11.5 Å². The number of rotatable bonds is 5. The quantitative estimate of drug-likeness (QED) is 0.440. The van der Waals surface area contributed by atoms with E-state index in [9.17, 15) is 18.0 Å². The van der Waals surface area contributed by atoms with Crippen LogP contribution >= 0.6 is 0 Å². The number of fused-ring (bicyclic) bond motifs is 1. The Bertz CT molecular complexity index is 1360. The molecule has 0 saturated heterocycles.